The Kier molecular flexibility index (Phi) is 2.73. The van der Waals surface area contributed by atoms with Gasteiger partial charge < -0.3 is 4.74 Å². The summed E-state index contributed by atoms with van der Waals surface area (Å²) in [6.45, 7) is 1.95. The largest absolute Gasteiger partial charge is 0.495 e. The van der Waals surface area contributed by atoms with Crippen molar-refractivity contribution in [3.05, 3.63) is 34.6 Å². The molecule has 0 aliphatic heterocycles. The summed E-state index contributed by atoms with van der Waals surface area (Å²) in [5.41, 5.74) is 1.92. The minimum atomic E-state index is 0.780. The van der Waals surface area contributed by atoms with Crippen molar-refractivity contribution >= 4 is 15.9 Å². The molecule has 78 valence electrons. The van der Waals surface area contributed by atoms with Gasteiger partial charge in [-0.05, 0) is 35.0 Å². The van der Waals surface area contributed by atoms with Gasteiger partial charge in [0, 0.05) is 6.07 Å². The molecular weight excluding hydrogens is 258 g/mol. The molecular formula is C10H10BrN3O. The molecule has 0 aliphatic rings. The smallest absolute Gasteiger partial charge is 0.135 e. The second kappa shape index (κ2) is 4.02. The van der Waals surface area contributed by atoms with Gasteiger partial charge >= 0.3 is 0 Å². The molecule has 2 rings (SSSR count). The molecule has 1 aromatic carbocycles. The second-order valence-corrected chi connectivity index (χ2v) is 3.96. The molecule has 0 amide bonds. The molecule has 1 heterocycles. The average molecular weight is 268 g/mol. The molecule has 2 aromatic rings. The standard InChI is InChI=1S/C10H10BrN3O/c1-7-6-12-13-14(7)8-3-4-9(11)10(5-8)15-2/h3-6H,1-2H3. The predicted molar refractivity (Wildman–Crippen MR) is 60.3 cm³/mol. The zero-order valence-corrected chi connectivity index (χ0v) is 10.0. The fraction of sp³-hybridized carbons (Fsp3) is 0.200. The molecule has 0 radical (unpaired) electrons. The average Bonchev–Trinajstić information content (AvgIpc) is 2.65. The Balaban J connectivity index is 2.51. The Morgan fingerprint density at radius 2 is 2.20 bits per heavy atom. The van der Waals surface area contributed by atoms with Crippen LogP contribution in [-0.4, -0.2) is 22.1 Å². The summed E-state index contributed by atoms with van der Waals surface area (Å²) in [6.07, 6.45) is 1.72. The van der Waals surface area contributed by atoms with E-state index in [0.717, 1.165) is 21.6 Å². The maximum Gasteiger partial charge on any atom is 0.135 e. The van der Waals surface area contributed by atoms with Gasteiger partial charge in [0.15, 0.2) is 0 Å². The van der Waals surface area contributed by atoms with Gasteiger partial charge in [-0.3, -0.25) is 0 Å². The van der Waals surface area contributed by atoms with Crippen molar-refractivity contribution < 1.29 is 4.74 Å². The maximum absolute atomic E-state index is 5.22. The first-order valence-electron chi connectivity index (χ1n) is 4.43. The van der Waals surface area contributed by atoms with Crippen LogP contribution in [0.15, 0.2) is 28.9 Å². The van der Waals surface area contributed by atoms with Crippen LogP contribution < -0.4 is 4.74 Å². The second-order valence-electron chi connectivity index (χ2n) is 3.11. The summed E-state index contributed by atoms with van der Waals surface area (Å²) in [7, 11) is 1.64. The third kappa shape index (κ3) is 1.87. The number of halogens is 1. The molecule has 4 nitrogen and oxygen atoms in total. The van der Waals surface area contributed by atoms with Gasteiger partial charge in [0.1, 0.15) is 5.75 Å². The van der Waals surface area contributed by atoms with Gasteiger partial charge in [-0.25, -0.2) is 4.68 Å². The van der Waals surface area contributed by atoms with Crippen molar-refractivity contribution in [2.24, 2.45) is 0 Å². The van der Waals surface area contributed by atoms with E-state index in [1.165, 1.54) is 0 Å². The normalized spacial score (nSPS) is 10.3. The lowest BCUT2D eigenvalue weighted by Crippen LogP contribution is -1.99. The summed E-state index contributed by atoms with van der Waals surface area (Å²) in [5, 5.41) is 7.82. The lowest BCUT2D eigenvalue weighted by molar-refractivity contribution is 0.412. The molecule has 0 unspecified atom stereocenters. The SMILES string of the molecule is COc1cc(-n2nncc2C)ccc1Br. The van der Waals surface area contributed by atoms with Crippen LogP contribution >= 0.6 is 15.9 Å². The topological polar surface area (TPSA) is 39.9 Å². The summed E-state index contributed by atoms with van der Waals surface area (Å²) in [5.74, 6) is 0.780. The van der Waals surface area contributed by atoms with E-state index in [9.17, 15) is 0 Å². The minimum absolute atomic E-state index is 0.780. The highest BCUT2D eigenvalue weighted by molar-refractivity contribution is 9.10. The van der Waals surface area contributed by atoms with E-state index >= 15 is 0 Å². The number of benzene rings is 1. The Morgan fingerprint density at radius 3 is 2.80 bits per heavy atom. The molecule has 0 spiro atoms. The van der Waals surface area contributed by atoms with E-state index in [0.29, 0.717) is 0 Å². The van der Waals surface area contributed by atoms with Crippen molar-refractivity contribution in [2.75, 3.05) is 7.11 Å². The van der Waals surface area contributed by atoms with Crippen molar-refractivity contribution in [3.63, 3.8) is 0 Å². The van der Waals surface area contributed by atoms with Crippen LogP contribution in [0.25, 0.3) is 5.69 Å². The monoisotopic (exact) mass is 267 g/mol. The van der Waals surface area contributed by atoms with Gasteiger partial charge in [-0.2, -0.15) is 0 Å². The van der Waals surface area contributed by atoms with E-state index in [1.807, 2.05) is 25.1 Å². The first-order chi connectivity index (χ1) is 7.22. The van der Waals surface area contributed by atoms with Crippen LogP contribution in [0.1, 0.15) is 5.69 Å². The fourth-order valence-corrected chi connectivity index (χ4v) is 1.73. The third-order valence-corrected chi connectivity index (χ3v) is 2.75. The summed E-state index contributed by atoms with van der Waals surface area (Å²) in [4.78, 5) is 0. The Hall–Kier alpha value is -1.36. The number of nitrogens with zero attached hydrogens (tertiary/aromatic N) is 3. The summed E-state index contributed by atoms with van der Waals surface area (Å²) >= 11 is 3.40. The molecule has 1 aromatic heterocycles. The van der Waals surface area contributed by atoms with Crippen molar-refractivity contribution in [1.29, 1.82) is 0 Å². The van der Waals surface area contributed by atoms with E-state index < -0.39 is 0 Å². The maximum atomic E-state index is 5.22. The first-order valence-corrected chi connectivity index (χ1v) is 5.23. The molecule has 15 heavy (non-hydrogen) atoms. The van der Waals surface area contributed by atoms with Crippen LogP contribution in [0, 0.1) is 6.92 Å². The zero-order valence-electron chi connectivity index (χ0n) is 8.44. The highest BCUT2D eigenvalue weighted by Crippen LogP contribution is 2.27. The Morgan fingerprint density at radius 1 is 1.40 bits per heavy atom. The molecule has 0 saturated carbocycles. The van der Waals surface area contributed by atoms with Crippen molar-refractivity contribution in [3.8, 4) is 11.4 Å². The van der Waals surface area contributed by atoms with Crippen molar-refractivity contribution in [2.45, 2.75) is 6.92 Å². The number of hydrogen-bond donors (Lipinski definition) is 0. The molecule has 0 fully saturated rings. The molecule has 0 bridgehead atoms. The highest BCUT2D eigenvalue weighted by atomic mass is 79.9. The fourth-order valence-electron chi connectivity index (χ4n) is 1.32. The molecule has 0 saturated heterocycles. The number of aryl methyl sites for hydroxylation is 1. The lowest BCUT2D eigenvalue weighted by atomic mass is 10.3. The molecule has 0 N–H and O–H groups in total. The van der Waals surface area contributed by atoms with Crippen molar-refractivity contribution in [1.82, 2.24) is 15.0 Å². The van der Waals surface area contributed by atoms with E-state index in [1.54, 1.807) is 18.0 Å². The summed E-state index contributed by atoms with van der Waals surface area (Å²) < 4.78 is 7.90. The molecule has 5 heteroatoms. The number of aromatic nitrogens is 3. The van der Waals surface area contributed by atoms with Crippen LogP contribution in [0.4, 0.5) is 0 Å². The number of rotatable bonds is 2. The number of hydrogen-bond acceptors (Lipinski definition) is 3. The quantitative estimate of drug-likeness (QED) is 0.839. The first kappa shape index (κ1) is 10.2. The van der Waals surface area contributed by atoms with E-state index in [4.69, 9.17) is 4.74 Å². The van der Waals surface area contributed by atoms with E-state index in [-0.39, 0.29) is 0 Å². The number of ether oxygens (including phenoxy) is 1. The van der Waals surface area contributed by atoms with Gasteiger partial charge in [0.05, 0.1) is 29.2 Å². The molecule has 0 aliphatic carbocycles. The number of methoxy groups -OCH3 is 1. The van der Waals surface area contributed by atoms with Crippen LogP contribution in [-0.2, 0) is 0 Å². The lowest BCUT2D eigenvalue weighted by Gasteiger charge is -2.07. The van der Waals surface area contributed by atoms with Crippen LogP contribution in [0.2, 0.25) is 0 Å². The molecule has 0 atom stereocenters. The third-order valence-electron chi connectivity index (χ3n) is 2.10. The zero-order chi connectivity index (χ0) is 10.8. The van der Waals surface area contributed by atoms with Gasteiger partial charge in [0.25, 0.3) is 0 Å². The van der Waals surface area contributed by atoms with Gasteiger partial charge in [-0.15, -0.1) is 5.10 Å². The highest BCUT2D eigenvalue weighted by Gasteiger charge is 2.05. The Bertz CT molecular complexity index is 481. The minimum Gasteiger partial charge on any atom is -0.495 e. The van der Waals surface area contributed by atoms with Crippen LogP contribution in [0.3, 0.4) is 0 Å². The van der Waals surface area contributed by atoms with E-state index in [2.05, 4.69) is 26.2 Å². The Labute approximate surface area is 96.0 Å². The predicted octanol–water partition coefficient (Wildman–Crippen LogP) is 2.35. The van der Waals surface area contributed by atoms with Gasteiger partial charge in [-0.1, -0.05) is 5.21 Å². The van der Waals surface area contributed by atoms with Gasteiger partial charge in [0.2, 0.25) is 0 Å². The van der Waals surface area contributed by atoms with Crippen LogP contribution in [0.5, 0.6) is 5.75 Å². The summed E-state index contributed by atoms with van der Waals surface area (Å²) in [6, 6.07) is 5.79.